The summed E-state index contributed by atoms with van der Waals surface area (Å²) in [6.07, 6.45) is 1.54. The minimum atomic E-state index is -3.59. The van der Waals surface area contributed by atoms with Crippen LogP contribution in [-0.2, 0) is 16.6 Å². The van der Waals surface area contributed by atoms with E-state index in [1.807, 2.05) is 0 Å². The van der Waals surface area contributed by atoms with Gasteiger partial charge in [0.1, 0.15) is 0 Å². The highest BCUT2D eigenvalue weighted by molar-refractivity contribution is 7.89. The summed E-state index contributed by atoms with van der Waals surface area (Å²) in [6, 6.07) is 9.54. The lowest BCUT2D eigenvalue weighted by Gasteiger charge is -2.33. The second kappa shape index (κ2) is 7.90. The van der Waals surface area contributed by atoms with E-state index in [4.69, 9.17) is 8.94 Å². The van der Waals surface area contributed by atoms with E-state index >= 15 is 0 Å². The molecule has 0 amide bonds. The molecule has 0 radical (unpaired) electrons. The first-order chi connectivity index (χ1) is 13.9. The van der Waals surface area contributed by atoms with Gasteiger partial charge in [-0.1, -0.05) is 17.3 Å². The molecular weight excluding hydrogens is 396 g/mol. The molecule has 0 N–H and O–H groups in total. The molecule has 1 aliphatic heterocycles. The Kier molecular flexibility index (Phi) is 5.31. The molecule has 0 bridgehead atoms. The number of nitrogens with zero attached hydrogens (tertiary/aromatic N) is 4. The molecule has 1 aliphatic rings. The third-order valence-corrected chi connectivity index (χ3v) is 6.71. The molecule has 2 aromatic heterocycles. The number of aromatic nitrogens is 2. The van der Waals surface area contributed by atoms with Gasteiger partial charge in [-0.15, -0.1) is 0 Å². The molecular formula is C19H20N4O5S. The fraction of sp³-hybridized carbons (Fsp3) is 0.316. The van der Waals surface area contributed by atoms with Gasteiger partial charge >= 0.3 is 0 Å². The fourth-order valence-electron chi connectivity index (χ4n) is 3.15. The van der Waals surface area contributed by atoms with Crippen molar-refractivity contribution in [1.82, 2.24) is 19.3 Å². The molecule has 152 valence electrons. The smallest absolute Gasteiger partial charge is 0.243 e. The maximum atomic E-state index is 12.8. The zero-order chi connectivity index (χ0) is 20.4. The maximum absolute atomic E-state index is 12.8. The predicted molar refractivity (Wildman–Crippen MR) is 102 cm³/mol. The molecule has 9 nitrogen and oxygen atoms in total. The van der Waals surface area contributed by atoms with Crippen LogP contribution in [0.1, 0.15) is 23.2 Å². The standard InChI is InChI=1S/C19H20N4O5S/c1-14(24)15-4-6-16(7-5-15)29(25,26)23-10-8-22(9-11-23)13-18-20-19(21-28-18)17-3-2-12-27-17/h2-7,12H,8-11,13H2,1H3. The van der Waals surface area contributed by atoms with Crippen LogP contribution in [0.25, 0.3) is 11.6 Å². The quantitative estimate of drug-likeness (QED) is 0.562. The van der Waals surface area contributed by atoms with E-state index in [9.17, 15) is 13.2 Å². The van der Waals surface area contributed by atoms with Gasteiger partial charge in [0.15, 0.2) is 11.5 Å². The summed E-state index contributed by atoms with van der Waals surface area (Å²) in [5.74, 6) is 1.28. The minimum Gasteiger partial charge on any atom is -0.461 e. The minimum absolute atomic E-state index is 0.0983. The highest BCUT2D eigenvalue weighted by atomic mass is 32.2. The maximum Gasteiger partial charge on any atom is 0.243 e. The van der Waals surface area contributed by atoms with Crippen LogP contribution in [0.2, 0.25) is 0 Å². The number of carbonyl (C=O) groups excluding carboxylic acids is 1. The van der Waals surface area contributed by atoms with Crippen LogP contribution in [0, 0.1) is 0 Å². The van der Waals surface area contributed by atoms with Gasteiger partial charge in [0.05, 0.1) is 17.7 Å². The summed E-state index contributed by atoms with van der Waals surface area (Å²) in [5.41, 5.74) is 0.488. The third-order valence-electron chi connectivity index (χ3n) is 4.80. The van der Waals surface area contributed by atoms with Crippen LogP contribution in [-0.4, -0.2) is 59.7 Å². The summed E-state index contributed by atoms with van der Waals surface area (Å²) in [4.78, 5) is 17.9. The lowest BCUT2D eigenvalue weighted by Crippen LogP contribution is -2.48. The van der Waals surface area contributed by atoms with E-state index in [-0.39, 0.29) is 10.7 Å². The first-order valence-electron chi connectivity index (χ1n) is 9.13. The van der Waals surface area contributed by atoms with Crippen molar-refractivity contribution in [3.05, 3.63) is 54.1 Å². The molecule has 1 aromatic carbocycles. The molecule has 3 heterocycles. The van der Waals surface area contributed by atoms with E-state index in [2.05, 4.69) is 15.0 Å². The lowest BCUT2D eigenvalue weighted by atomic mass is 10.2. The van der Waals surface area contributed by atoms with Crippen LogP contribution in [0.3, 0.4) is 0 Å². The van der Waals surface area contributed by atoms with Crippen LogP contribution in [0.5, 0.6) is 0 Å². The molecule has 0 saturated carbocycles. The fourth-order valence-corrected chi connectivity index (χ4v) is 4.58. The number of carbonyl (C=O) groups is 1. The van der Waals surface area contributed by atoms with Crippen LogP contribution < -0.4 is 0 Å². The Hall–Kier alpha value is -2.82. The van der Waals surface area contributed by atoms with E-state index in [1.54, 1.807) is 18.4 Å². The second-order valence-corrected chi connectivity index (χ2v) is 8.69. The molecule has 0 aliphatic carbocycles. The number of benzene rings is 1. The molecule has 29 heavy (non-hydrogen) atoms. The first kappa shape index (κ1) is 19.5. The highest BCUT2D eigenvalue weighted by Gasteiger charge is 2.29. The van der Waals surface area contributed by atoms with Crippen molar-refractivity contribution in [1.29, 1.82) is 0 Å². The largest absolute Gasteiger partial charge is 0.461 e. The van der Waals surface area contributed by atoms with E-state index in [0.717, 1.165) is 0 Å². The Labute approximate surface area is 168 Å². The van der Waals surface area contributed by atoms with Gasteiger partial charge in [-0.2, -0.15) is 9.29 Å². The Morgan fingerprint density at radius 3 is 2.45 bits per heavy atom. The van der Waals surface area contributed by atoms with Gasteiger partial charge in [-0.05, 0) is 31.2 Å². The molecule has 1 saturated heterocycles. The summed E-state index contributed by atoms with van der Waals surface area (Å²) >= 11 is 0. The normalized spacial score (nSPS) is 16.2. The van der Waals surface area contributed by atoms with Gasteiger partial charge in [0, 0.05) is 31.7 Å². The summed E-state index contributed by atoms with van der Waals surface area (Å²) in [7, 11) is -3.59. The summed E-state index contributed by atoms with van der Waals surface area (Å²) in [6.45, 7) is 3.69. The zero-order valence-corrected chi connectivity index (χ0v) is 16.6. The Bertz CT molecular complexity index is 1080. The molecule has 1 fully saturated rings. The predicted octanol–water partition coefficient (Wildman–Crippen LogP) is 2.04. The SMILES string of the molecule is CC(=O)c1ccc(S(=O)(=O)N2CCN(Cc3nc(-c4ccco4)no3)CC2)cc1. The number of Topliss-reactive ketones (excluding diaryl/α,β-unsaturated/α-hetero) is 1. The van der Waals surface area contributed by atoms with Gasteiger partial charge in [0.25, 0.3) is 0 Å². The van der Waals surface area contributed by atoms with Gasteiger partial charge in [-0.3, -0.25) is 9.69 Å². The zero-order valence-electron chi connectivity index (χ0n) is 15.8. The van der Waals surface area contributed by atoms with Crippen molar-refractivity contribution in [3.8, 4) is 11.6 Å². The van der Waals surface area contributed by atoms with Crippen molar-refractivity contribution >= 4 is 15.8 Å². The van der Waals surface area contributed by atoms with Crippen molar-refractivity contribution in [2.45, 2.75) is 18.4 Å². The number of furan rings is 1. The Morgan fingerprint density at radius 2 is 1.83 bits per heavy atom. The number of piperazine rings is 1. The molecule has 4 rings (SSSR count). The highest BCUT2D eigenvalue weighted by Crippen LogP contribution is 2.20. The van der Waals surface area contributed by atoms with Crippen LogP contribution >= 0.6 is 0 Å². The van der Waals surface area contributed by atoms with Crippen LogP contribution in [0.15, 0.2) is 56.5 Å². The number of hydrogen-bond donors (Lipinski definition) is 0. The molecule has 0 spiro atoms. The molecule has 10 heteroatoms. The van der Waals surface area contributed by atoms with Crippen molar-refractivity contribution < 1.29 is 22.2 Å². The second-order valence-electron chi connectivity index (χ2n) is 6.75. The van der Waals surface area contributed by atoms with Gasteiger partial charge in [-0.25, -0.2) is 8.42 Å². The topological polar surface area (TPSA) is 110 Å². The molecule has 3 aromatic rings. The van der Waals surface area contributed by atoms with Gasteiger partial charge in [0.2, 0.25) is 21.7 Å². The van der Waals surface area contributed by atoms with Crippen molar-refractivity contribution in [2.75, 3.05) is 26.2 Å². The monoisotopic (exact) mass is 416 g/mol. The number of hydrogen-bond acceptors (Lipinski definition) is 8. The Balaban J connectivity index is 1.37. The van der Waals surface area contributed by atoms with Gasteiger partial charge < -0.3 is 8.94 Å². The third kappa shape index (κ3) is 4.14. The average molecular weight is 416 g/mol. The van der Waals surface area contributed by atoms with E-state index in [1.165, 1.54) is 35.5 Å². The van der Waals surface area contributed by atoms with Crippen molar-refractivity contribution in [2.24, 2.45) is 0 Å². The van der Waals surface area contributed by atoms with E-state index in [0.29, 0.717) is 55.8 Å². The first-order valence-corrected chi connectivity index (χ1v) is 10.6. The number of rotatable bonds is 6. The molecule has 0 atom stereocenters. The lowest BCUT2D eigenvalue weighted by molar-refractivity contribution is 0.101. The van der Waals surface area contributed by atoms with Crippen LogP contribution in [0.4, 0.5) is 0 Å². The Morgan fingerprint density at radius 1 is 1.10 bits per heavy atom. The van der Waals surface area contributed by atoms with Crippen molar-refractivity contribution in [3.63, 3.8) is 0 Å². The molecule has 0 unspecified atom stereocenters. The summed E-state index contributed by atoms with van der Waals surface area (Å²) < 4.78 is 37.6. The average Bonchev–Trinajstić information content (AvgIpc) is 3.40. The summed E-state index contributed by atoms with van der Waals surface area (Å²) in [5, 5.41) is 3.90. The number of sulfonamides is 1. The number of ketones is 1. The van der Waals surface area contributed by atoms with E-state index < -0.39 is 10.0 Å².